The van der Waals surface area contributed by atoms with Crippen molar-refractivity contribution in [2.24, 2.45) is 4.99 Å². The molecule has 0 unspecified atom stereocenters. The van der Waals surface area contributed by atoms with Gasteiger partial charge in [0.15, 0.2) is 5.17 Å². The Morgan fingerprint density at radius 1 is 1.12 bits per heavy atom. The maximum absolute atomic E-state index is 12.0. The second kappa shape index (κ2) is 6.70. The molecule has 1 heterocycles. The van der Waals surface area contributed by atoms with Crippen molar-refractivity contribution in [2.75, 3.05) is 0 Å². The molecule has 4 N–H and O–H groups in total. The number of aromatic hydroxyl groups is 2. The molecule has 2 aromatic carbocycles. The summed E-state index contributed by atoms with van der Waals surface area (Å²) in [6.45, 7) is 0. The molecule has 8 heteroatoms. The van der Waals surface area contributed by atoms with Gasteiger partial charge >= 0.3 is 5.97 Å². The molecule has 1 aliphatic heterocycles. The minimum atomic E-state index is -1.24. The standard InChI is InChI=1S/C17H12N2O5S/c20-11-4-1-9(2-5-11)7-14-15(22)19-17(25-14)18-10-3-6-12(16(23)24)13(21)8-10/h1-8,20-21H,(H,23,24)(H,18,19,22)/b14-7-. The van der Waals surface area contributed by atoms with Gasteiger partial charge in [-0.05, 0) is 47.7 Å². The molecule has 0 radical (unpaired) electrons. The Hall–Kier alpha value is -3.26. The van der Waals surface area contributed by atoms with Crippen LogP contribution in [0.25, 0.3) is 6.08 Å². The fourth-order valence-electron chi connectivity index (χ4n) is 2.09. The van der Waals surface area contributed by atoms with Crippen molar-refractivity contribution in [1.82, 2.24) is 5.32 Å². The van der Waals surface area contributed by atoms with Crippen LogP contribution in [0.5, 0.6) is 11.5 Å². The second-order valence-electron chi connectivity index (χ2n) is 5.08. The van der Waals surface area contributed by atoms with E-state index in [1.165, 1.54) is 30.3 Å². The van der Waals surface area contributed by atoms with Crippen molar-refractivity contribution in [1.29, 1.82) is 0 Å². The van der Waals surface area contributed by atoms with E-state index in [-0.39, 0.29) is 17.2 Å². The van der Waals surface area contributed by atoms with Gasteiger partial charge in [-0.1, -0.05) is 12.1 Å². The van der Waals surface area contributed by atoms with Crippen molar-refractivity contribution < 1.29 is 24.9 Å². The number of hydrogen-bond acceptors (Lipinski definition) is 6. The summed E-state index contributed by atoms with van der Waals surface area (Å²) in [6, 6.07) is 10.3. The highest BCUT2D eigenvalue weighted by Crippen LogP contribution is 2.30. The Kier molecular flexibility index (Phi) is 4.44. The lowest BCUT2D eigenvalue weighted by Crippen LogP contribution is -2.19. The molecular formula is C17H12N2O5S. The highest BCUT2D eigenvalue weighted by atomic mass is 32.2. The Morgan fingerprint density at radius 2 is 1.84 bits per heavy atom. The molecule has 1 fully saturated rings. The zero-order valence-electron chi connectivity index (χ0n) is 12.6. The van der Waals surface area contributed by atoms with Crippen molar-refractivity contribution in [3.8, 4) is 11.5 Å². The first kappa shape index (κ1) is 16.6. The van der Waals surface area contributed by atoms with Crippen LogP contribution < -0.4 is 5.32 Å². The minimum Gasteiger partial charge on any atom is -0.508 e. The van der Waals surface area contributed by atoms with E-state index in [2.05, 4.69) is 10.3 Å². The summed E-state index contributed by atoms with van der Waals surface area (Å²) in [6.07, 6.45) is 1.66. The van der Waals surface area contributed by atoms with Crippen LogP contribution in [0.15, 0.2) is 52.4 Å². The number of carboxylic acid groups (broad SMARTS) is 1. The molecule has 2 aromatic rings. The first-order valence-corrected chi connectivity index (χ1v) is 7.89. The van der Waals surface area contributed by atoms with Crippen LogP contribution in [-0.4, -0.2) is 32.4 Å². The number of carbonyl (C=O) groups is 2. The highest BCUT2D eigenvalue weighted by molar-refractivity contribution is 8.18. The van der Waals surface area contributed by atoms with Crippen LogP contribution in [0.2, 0.25) is 0 Å². The van der Waals surface area contributed by atoms with Crippen molar-refractivity contribution in [3.63, 3.8) is 0 Å². The molecule has 0 spiro atoms. The average Bonchev–Trinajstić information content (AvgIpc) is 2.88. The monoisotopic (exact) mass is 356 g/mol. The molecule has 1 aliphatic rings. The van der Waals surface area contributed by atoms with E-state index in [9.17, 15) is 19.8 Å². The SMILES string of the molecule is O=C1NC(=Nc2ccc(C(=O)O)c(O)c2)S/C1=C\c1ccc(O)cc1. The van der Waals surface area contributed by atoms with Gasteiger partial charge in [0.25, 0.3) is 5.91 Å². The number of carboxylic acids is 1. The molecule has 0 atom stereocenters. The maximum atomic E-state index is 12.0. The number of benzene rings is 2. The molecule has 0 bridgehead atoms. The number of amides is 1. The lowest BCUT2D eigenvalue weighted by Gasteiger charge is -2.01. The number of phenolic OH excluding ortho intramolecular Hbond substituents is 1. The molecule has 126 valence electrons. The summed E-state index contributed by atoms with van der Waals surface area (Å²) in [7, 11) is 0. The number of amidine groups is 1. The molecule has 0 aromatic heterocycles. The van der Waals surface area contributed by atoms with Gasteiger partial charge in [0.2, 0.25) is 0 Å². The van der Waals surface area contributed by atoms with Gasteiger partial charge in [-0.15, -0.1) is 0 Å². The summed E-state index contributed by atoms with van der Waals surface area (Å²) in [4.78, 5) is 27.5. The largest absolute Gasteiger partial charge is 0.508 e. The van der Waals surface area contributed by atoms with Gasteiger partial charge in [-0.3, -0.25) is 4.79 Å². The van der Waals surface area contributed by atoms with E-state index >= 15 is 0 Å². The van der Waals surface area contributed by atoms with E-state index in [1.54, 1.807) is 18.2 Å². The molecule has 3 rings (SSSR count). The topological polar surface area (TPSA) is 119 Å². The third kappa shape index (κ3) is 3.81. The Morgan fingerprint density at radius 3 is 2.48 bits per heavy atom. The third-order valence-corrected chi connectivity index (χ3v) is 4.19. The number of nitrogens with one attached hydrogen (secondary N) is 1. The lowest BCUT2D eigenvalue weighted by atomic mass is 10.2. The van der Waals surface area contributed by atoms with E-state index in [0.717, 1.165) is 17.3 Å². The highest BCUT2D eigenvalue weighted by Gasteiger charge is 2.24. The summed E-state index contributed by atoms with van der Waals surface area (Å²) in [5, 5.41) is 30.8. The van der Waals surface area contributed by atoms with Crippen LogP contribution in [0.1, 0.15) is 15.9 Å². The van der Waals surface area contributed by atoms with Crippen molar-refractivity contribution in [2.45, 2.75) is 0 Å². The molecular weight excluding hydrogens is 344 g/mol. The predicted molar refractivity (Wildman–Crippen MR) is 94.0 cm³/mol. The van der Waals surface area contributed by atoms with Crippen molar-refractivity contribution in [3.05, 3.63) is 58.5 Å². The van der Waals surface area contributed by atoms with Gasteiger partial charge in [-0.2, -0.15) is 0 Å². The second-order valence-corrected chi connectivity index (χ2v) is 6.11. The minimum absolute atomic E-state index is 0.137. The van der Waals surface area contributed by atoms with Gasteiger partial charge in [0.1, 0.15) is 17.1 Å². The maximum Gasteiger partial charge on any atom is 0.339 e. The molecule has 0 aliphatic carbocycles. The number of hydrogen-bond donors (Lipinski definition) is 4. The van der Waals surface area contributed by atoms with Crippen LogP contribution in [-0.2, 0) is 4.79 Å². The fourth-order valence-corrected chi connectivity index (χ4v) is 2.93. The number of carbonyl (C=O) groups excluding carboxylic acids is 1. The Labute approximate surface area is 146 Å². The summed E-state index contributed by atoms with van der Waals surface area (Å²) in [5.41, 5.74) is 0.844. The van der Waals surface area contributed by atoms with Gasteiger partial charge in [0, 0.05) is 6.07 Å². The average molecular weight is 356 g/mol. The first-order valence-electron chi connectivity index (χ1n) is 7.07. The fraction of sp³-hybridized carbons (Fsp3) is 0. The van der Waals surface area contributed by atoms with E-state index in [0.29, 0.717) is 15.8 Å². The van der Waals surface area contributed by atoms with Gasteiger partial charge in [-0.25, -0.2) is 9.79 Å². The van der Waals surface area contributed by atoms with Crippen molar-refractivity contribution >= 4 is 40.6 Å². The molecule has 0 saturated carbocycles. The lowest BCUT2D eigenvalue weighted by molar-refractivity contribution is -0.115. The summed E-state index contributed by atoms with van der Waals surface area (Å²) in [5.74, 6) is -1.82. The molecule has 25 heavy (non-hydrogen) atoms. The number of rotatable bonds is 3. The van der Waals surface area contributed by atoms with E-state index in [4.69, 9.17) is 5.11 Å². The number of aromatic carboxylic acids is 1. The Balaban J connectivity index is 1.82. The number of aliphatic imine (C=N–C) groups is 1. The number of thioether (sulfide) groups is 1. The Bertz CT molecular complexity index is 919. The normalized spacial score (nSPS) is 17.0. The van der Waals surface area contributed by atoms with E-state index < -0.39 is 11.7 Å². The first-order chi connectivity index (χ1) is 11.9. The molecule has 1 amide bonds. The van der Waals surface area contributed by atoms with Crippen LogP contribution >= 0.6 is 11.8 Å². The zero-order chi connectivity index (χ0) is 18.0. The predicted octanol–water partition coefficient (Wildman–Crippen LogP) is 2.69. The van der Waals surface area contributed by atoms with Crippen LogP contribution in [0.4, 0.5) is 5.69 Å². The summed E-state index contributed by atoms with van der Waals surface area (Å²) < 4.78 is 0. The molecule has 7 nitrogen and oxygen atoms in total. The van der Waals surface area contributed by atoms with E-state index in [1.807, 2.05) is 0 Å². The van der Waals surface area contributed by atoms with Gasteiger partial charge in [0.05, 0.1) is 10.6 Å². The zero-order valence-corrected chi connectivity index (χ0v) is 13.4. The van der Waals surface area contributed by atoms with Crippen LogP contribution in [0, 0.1) is 0 Å². The number of phenols is 2. The smallest absolute Gasteiger partial charge is 0.339 e. The van der Waals surface area contributed by atoms with Gasteiger partial charge < -0.3 is 20.6 Å². The van der Waals surface area contributed by atoms with Crippen LogP contribution in [0.3, 0.4) is 0 Å². The quantitative estimate of drug-likeness (QED) is 0.628. The third-order valence-electron chi connectivity index (χ3n) is 3.28. The molecule has 1 saturated heterocycles. The number of nitrogens with zero attached hydrogens (tertiary/aromatic N) is 1. The summed E-state index contributed by atoms with van der Waals surface area (Å²) >= 11 is 1.12.